The predicted molar refractivity (Wildman–Crippen MR) is 88.6 cm³/mol. The molecule has 0 unspecified atom stereocenters. The SMILES string of the molecule is Cc1cccc(NC(=O)/C(C#N)=C\Nc2ccc(C(F)(F)F)cc2)c1. The molecule has 0 radical (unpaired) electrons. The van der Waals surface area contributed by atoms with E-state index < -0.39 is 17.6 Å². The van der Waals surface area contributed by atoms with Crippen molar-refractivity contribution in [1.29, 1.82) is 5.26 Å². The van der Waals surface area contributed by atoms with E-state index in [1.54, 1.807) is 24.3 Å². The van der Waals surface area contributed by atoms with Gasteiger partial charge < -0.3 is 10.6 Å². The van der Waals surface area contributed by atoms with Gasteiger partial charge in [0.25, 0.3) is 5.91 Å². The maximum atomic E-state index is 12.5. The first kappa shape index (κ1) is 18.1. The predicted octanol–water partition coefficient (Wildman–Crippen LogP) is 4.47. The molecule has 2 rings (SSSR count). The summed E-state index contributed by atoms with van der Waals surface area (Å²) in [6.07, 6.45) is -3.27. The van der Waals surface area contributed by atoms with Gasteiger partial charge in [0, 0.05) is 17.6 Å². The number of amides is 1. The Labute approximate surface area is 142 Å². The molecule has 0 saturated heterocycles. The van der Waals surface area contributed by atoms with Crippen LogP contribution in [0.3, 0.4) is 0 Å². The number of alkyl halides is 3. The second-order valence-electron chi connectivity index (χ2n) is 5.21. The fourth-order valence-electron chi connectivity index (χ4n) is 1.98. The van der Waals surface area contributed by atoms with Crippen LogP contribution >= 0.6 is 0 Å². The molecule has 0 aliphatic carbocycles. The summed E-state index contributed by atoms with van der Waals surface area (Å²) in [7, 11) is 0. The van der Waals surface area contributed by atoms with Crippen LogP contribution in [0.1, 0.15) is 11.1 Å². The molecule has 25 heavy (non-hydrogen) atoms. The number of anilines is 2. The van der Waals surface area contributed by atoms with Crippen LogP contribution in [-0.2, 0) is 11.0 Å². The van der Waals surface area contributed by atoms with Crippen molar-refractivity contribution in [3.8, 4) is 6.07 Å². The summed E-state index contributed by atoms with van der Waals surface area (Å²) in [6.45, 7) is 1.86. The normalized spacial score (nSPS) is 11.6. The van der Waals surface area contributed by atoms with Crippen molar-refractivity contribution in [3.05, 3.63) is 71.4 Å². The molecule has 0 aliphatic rings. The van der Waals surface area contributed by atoms with Crippen molar-refractivity contribution in [2.45, 2.75) is 13.1 Å². The lowest BCUT2D eigenvalue weighted by Crippen LogP contribution is -2.14. The number of nitrogens with zero attached hydrogens (tertiary/aromatic N) is 1. The van der Waals surface area contributed by atoms with Crippen LogP contribution in [0.25, 0.3) is 0 Å². The van der Waals surface area contributed by atoms with Crippen LogP contribution in [0.15, 0.2) is 60.3 Å². The van der Waals surface area contributed by atoms with Gasteiger partial charge in [0.05, 0.1) is 5.56 Å². The zero-order valence-electron chi connectivity index (χ0n) is 13.2. The van der Waals surface area contributed by atoms with Gasteiger partial charge in [-0.05, 0) is 48.9 Å². The molecule has 0 atom stereocenters. The van der Waals surface area contributed by atoms with Crippen LogP contribution in [0, 0.1) is 18.3 Å². The van der Waals surface area contributed by atoms with Gasteiger partial charge in [-0.1, -0.05) is 12.1 Å². The fraction of sp³-hybridized carbons (Fsp3) is 0.111. The molecule has 0 aliphatic heterocycles. The molecule has 0 heterocycles. The van der Waals surface area contributed by atoms with Crippen LogP contribution in [0.4, 0.5) is 24.5 Å². The minimum atomic E-state index is -4.42. The zero-order valence-corrected chi connectivity index (χ0v) is 13.2. The van der Waals surface area contributed by atoms with E-state index in [9.17, 15) is 18.0 Å². The first-order valence-electron chi connectivity index (χ1n) is 7.21. The van der Waals surface area contributed by atoms with Crippen molar-refractivity contribution in [2.75, 3.05) is 10.6 Å². The van der Waals surface area contributed by atoms with E-state index in [0.717, 1.165) is 23.9 Å². The molecule has 2 aromatic rings. The minimum absolute atomic E-state index is 0.207. The van der Waals surface area contributed by atoms with Gasteiger partial charge in [-0.25, -0.2) is 0 Å². The molecule has 0 fully saturated rings. The maximum Gasteiger partial charge on any atom is 0.416 e. The van der Waals surface area contributed by atoms with Crippen molar-refractivity contribution < 1.29 is 18.0 Å². The first-order chi connectivity index (χ1) is 11.8. The summed E-state index contributed by atoms with van der Waals surface area (Å²) in [5, 5.41) is 14.3. The van der Waals surface area contributed by atoms with Crippen LogP contribution in [-0.4, -0.2) is 5.91 Å². The Bertz CT molecular complexity index is 834. The highest BCUT2D eigenvalue weighted by Gasteiger charge is 2.29. The van der Waals surface area contributed by atoms with E-state index in [1.165, 1.54) is 12.1 Å². The lowest BCUT2D eigenvalue weighted by molar-refractivity contribution is -0.137. The second kappa shape index (κ2) is 7.53. The standard InChI is InChI=1S/C18H14F3N3O/c1-12-3-2-4-16(9-12)24-17(25)13(10-22)11-23-15-7-5-14(6-8-15)18(19,20)21/h2-9,11,23H,1H3,(H,24,25)/b13-11-. The van der Waals surface area contributed by atoms with E-state index in [0.29, 0.717) is 11.4 Å². The Morgan fingerprint density at radius 2 is 1.80 bits per heavy atom. The lowest BCUT2D eigenvalue weighted by atomic mass is 10.2. The van der Waals surface area contributed by atoms with Crippen molar-refractivity contribution in [3.63, 3.8) is 0 Å². The quantitative estimate of drug-likeness (QED) is 0.635. The highest BCUT2D eigenvalue weighted by Crippen LogP contribution is 2.29. The van der Waals surface area contributed by atoms with Gasteiger partial charge in [-0.3, -0.25) is 4.79 Å². The molecule has 7 heteroatoms. The fourth-order valence-corrected chi connectivity index (χ4v) is 1.98. The van der Waals surface area contributed by atoms with Gasteiger partial charge in [-0.2, -0.15) is 18.4 Å². The number of aryl methyl sites for hydroxylation is 1. The van der Waals surface area contributed by atoms with E-state index in [1.807, 2.05) is 13.0 Å². The molecule has 4 nitrogen and oxygen atoms in total. The van der Waals surface area contributed by atoms with E-state index in [4.69, 9.17) is 5.26 Å². The largest absolute Gasteiger partial charge is 0.416 e. The molecule has 0 spiro atoms. The summed E-state index contributed by atoms with van der Waals surface area (Å²) in [6, 6.07) is 13.1. The smallest absolute Gasteiger partial charge is 0.360 e. The molecule has 2 N–H and O–H groups in total. The Morgan fingerprint density at radius 3 is 2.36 bits per heavy atom. The monoisotopic (exact) mass is 345 g/mol. The zero-order chi connectivity index (χ0) is 18.4. The van der Waals surface area contributed by atoms with Crippen molar-refractivity contribution >= 4 is 17.3 Å². The van der Waals surface area contributed by atoms with Crippen LogP contribution in [0.5, 0.6) is 0 Å². The number of carbonyl (C=O) groups excluding carboxylic acids is 1. The number of hydrogen-bond acceptors (Lipinski definition) is 3. The molecule has 0 saturated carbocycles. The first-order valence-corrected chi connectivity index (χ1v) is 7.21. The summed E-state index contributed by atoms with van der Waals surface area (Å²) in [5.74, 6) is -0.618. The summed E-state index contributed by atoms with van der Waals surface area (Å²) in [4.78, 5) is 12.1. The molecule has 1 amide bonds. The Balaban J connectivity index is 2.07. The van der Waals surface area contributed by atoms with E-state index >= 15 is 0 Å². The minimum Gasteiger partial charge on any atom is -0.360 e. The molecule has 128 valence electrons. The Kier molecular flexibility index (Phi) is 5.45. The van der Waals surface area contributed by atoms with Crippen molar-refractivity contribution in [1.82, 2.24) is 0 Å². The number of nitrogens with one attached hydrogen (secondary N) is 2. The van der Waals surface area contributed by atoms with Gasteiger partial charge in [-0.15, -0.1) is 0 Å². The number of carbonyl (C=O) groups is 1. The molecule has 0 aromatic heterocycles. The molecule has 0 bridgehead atoms. The summed E-state index contributed by atoms with van der Waals surface area (Å²) < 4.78 is 37.5. The Morgan fingerprint density at radius 1 is 1.12 bits per heavy atom. The summed E-state index contributed by atoms with van der Waals surface area (Å²) >= 11 is 0. The average Bonchev–Trinajstić information content (AvgIpc) is 2.55. The highest BCUT2D eigenvalue weighted by molar-refractivity contribution is 6.06. The number of nitriles is 1. The lowest BCUT2D eigenvalue weighted by Gasteiger charge is -2.08. The van der Waals surface area contributed by atoms with E-state index in [-0.39, 0.29) is 5.57 Å². The van der Waals surface area contributed by atoms with Crippen molar-refractivity contribution in [2.24, 2.45) is 0 Å². The molecule has 2 aromatic carbocycles. The maximum absolute atomic E-state index is 12.5. The number of halogens is 3. The van der Waals surface area contributed by atoms with Gasteiger partial charge in [0.2, 0.25) is 0 Å². The van der Waals surface area contributed by atoms with E-state index in [2.05, 4.69) is 10.6 Å². The van der Waals surface area contributed by atoms with Gasteiger partial charge in [0.1, 0.15) is 11.6 Å². The average molecular weight is 345 g/mol. The third-order valence-electron chi connectivity index (χ3n) is 3.24. The van der Waals surface area contributed by atoms with Gasteiger partial charge >= 0.3 is 6.18 Å². The number of hydrogen-bond donors (Lipinski definition) is 2. The van der Waals surface area contributed by atoms with Gasteiger partial charge in [0.15, 0.2) is 0 Å². The third kappa shape index (κ3) is 5.11. The van der Waals surface area contributed by atoms with Crippen LogP contribution < -0.4 is 10.6 Å². The number of rotatable bonds is 4. The molecular formula is C18H14F3N3O. The highest BCUT2D eigenvalue weighted by atomic mass is 19.4. The second-order valence-corrected chi connectivity index (χ2v) is 5.21. The summed E-state index contributed by atoms with van der Waals surface area (Å²) in [5.41, 5.74) is 0.828. The number of benzene rings is 2. The third-order valence-corrected chi connectivity index (χ3v) is 3.24. The Hall–Kier alpha value is -3.27. The van der Waals surface area contributed by atoms with Crippen LogP contribution in [0.2, 0.25) is 0 Å². The topological polar surface area (TPSA) is 64.9 Å². The molecular weight excluding hydrogens is 331 g/mol.